The van der Waals surface area contributed by atoms with Crippen molar-refractivity contribution in [3.05, 3.63) is 103 Å². The first-order valence-electron chi connectivity index (χ1n) is 12.1. The van der Waals surface area contributed by atoms with Crippen molar-refractivity contribution in [3.8, 4) is 17.0 Å². The molecule has 2 N–H and O–H groups in total. The molecule has 1 aliphatic rings. The highest BCUT2D eigenvalue weighted by molar-refractivity contribution is 7.98. The zero-order valence-corrected chi connectivity index (χ0v) is 25.0. The van der Waals surface area contributed by atoms with Gasteiger partial charge in [0.05, 0.1) is 36.4 Å². The van der Waals surface area contributed by atoms with Gasteiger partial charge in [0, 0.05) is 35.6 Å². The van der Waals surface area contributed by atoms with E-state index in [-0.39, 0.29) is 6.10 Å². The maximum Gasteiger partial charge on any atom is 0.291 e. The minimum absolute atomic E-state index is 0.286. The summed E-state index contributed by atoms with van der Waals surface area (Å²) in [7, 11) is 2.01. The van der Waals surface area contributed by atoms with E-state index in [1.807, 2.05) is 60.6 Å². The standard InChI is InChI=1S/C25H24Cl2N4O3S.2HNO3/c1-30-23(12-29-24(30)35-2)17-3-6-19(7-4-17)32-13-20-14-33-25(34-20,15-31-10-9-28-16-31)21-8-5-18(26)11-22(21)27;2*2-1(3)4/h3-12,16,20H,13-15H2,1-2H3;2*(H,2,3,4). The van der Waals surface area contributed by atoms with Crippen LogP contribution in [0.2, 0.25) is 10.0 Å². The summed E-state index contributed by atoms with van der Waals surface area (Å²) in [5.41, 5.74) is 2.84. The van der Waals surface area contributed by atoms with Gasteiger partial charge in [0.1, 0.15) is 18.5 Å². The second-order valence-electron chi connectivity index (χ2n) is 8.66. The van der Waals surface area contributed by atoms with E-state index in [1.54, 1.807) is 36.4 Å². The summed E-state index contributed by atoms with van der Waals surface area (Å²) < 4.78 is 22.7. The molecule has 1 fully saturated rings. The van der Waals surface area contributed by atoms with E-state index in [0.717, 1.165) is 22.2 Å². The molecule has 2 aromatic carbocycles. The van der Waals surface area contributed by atoms with Crippen LogP contribution in [0.1, 0.15) is 5.56 Å². The van der Waals surface area contributed by atoms with E-state index in [1.165, 1.54) is 0 Å². The van der Waals surface area contributed by atoms with Crippen molar-refractivity contribution in [1.82, 2.24) is 19.1 Å². The van der Waals surface area contributed by atoms with Gasteiger partial charge in [-0.1, -0.05) is 41.0 Å². The molecule has 18 heteroatoms. The molecule has 0 radical (unpaired) electrons. The lowest BCUT2D eigenvalue weighted by atomic mass is 10.1. The lowest BCUT2D eigenvalue weighted by Crippen LogP contribution is -2.34. The lowest BCUT2D eigenvalue weighted by molar-refractivity contribution is -0.742. The molecule has 2 aromatic heterocycles. The van der Waals surface area contributed by atoms with Gasteiger partial charge < -0.3 is 33.8 Å². The van der Waals surface area contributed by atoms with E-state index < -0.39 is 16.0 Å². The molecular formula is C25H26Cl2N6O9S. The molecule has 230 valence electrons. The van der Waals surface area contributed by atoms with Crippen molar-refractivity contribution in [2.45, 2.75) is 23.6 Å². The normalized spacial score (nSPS) is 17.3. The molecule has 43 heavy (non-hydrogen) atoms. The van der Waals surface area contributed by atoms with Gasteiger partial charge in [0.25, 0.3) is 10.2 Å². The van der Waals surface area contributed by atoms with Crippen LogP contribution < -0.4 is 4.74 Å². The van der Waals surface area contributed by atoms with E-state index in [2.05, 4.69) is 14.5 Å². The molecule has 2 atom stereocenters. The van der Waals surface area contributed by atoms with Crippen LogP contribution in [0.4, 0.5) is 0 Å². The largest absolute Gasteiger partial charge is 0.491 e. The Morgan fingerprint density at radius 3 is 2.40 bits per heavy atom. The average molecular weight is 657 g/mol. The molecule has 5 rings (SSSR count). The molecule has 2 unspecified atom stereocenters. The highest BCUT2D eigenvalue weighted by Crippen LogP contribution is 2.40. The van der Waals surface area contributed by atoms with E-state index in [9.17, 15) is 0 Å². The van der Waals surface area contributed by atoms with E-state index in [4.69, 9.17) is 68.1 Å². The van der Waals surface area contributed by atoms with Crippen molar-refractivity contribution in [2.75, 3.05) is 19.5 Å². The van der Waals surface area contributed by atoms with Crippen molar-refractivity contribution >= 4 is 35.0 Å². The van der Waals surface area contributed by atoms with Gasteiger partial charge in [-0.05, 0) is 42.7 Å². The first-order chi connectivity index (χ1) is 20.4. The van der Waals surface area contributed by atoms with Crippen molar-refractivity contribution in [3.63, 3.8) is 0 Å². The second kappa shape index (κ2) is 15.4. The Morgan fingerprint density at radius 2 is 1.84 bits per heavy atom. The maximum atomic E-state index is 8.36. The van der Waals surface area contributed by atoms with Crippen LogP contribution in [0.3, 0.4) is 0 Å². The predicted molar refractivity (Wildman–Crippen MR) is 155 cm³/mol. The second-order valence-corrected chi connectivity index (χ2v) is 10.3. The van der Waals surface area contributed by atoms with Crippen LogP contribution in [-0.4, -0.2) is 65.3 Å². The molecule has 1 aliphatic heterocycles. The van der Waals surface area contributed by atoms with Gasteiger partial charge in [-0.15, -0.1) is 20.2 Å². The molecule has 0 aliphatic carbocycles. The van der Waals surface area contributed by atoms with Gasteiger partial charge in [-0.3, -0.25) is 0 Å². The number of rotatable bonds is 8. The van der Waals surface area contributed by atoms with Crippen LogP contribution in [0, 0.1) is 20.2 Å². The summed E-state index contributed by atoms with van der Waals surface area (Å²) in [5, 5.41) is 29.3. The zero-order chi connectivity index (χ0) is 31.6. The molecule has 15 nitrogen and oxygen atoms in total. The van der Waals surface area contributed by atoms with Gasteiger partial charge in [0.2, 0.25) is 5.79 Å². The molecule has 3 heterocycles. The predicted octanol–water partition coefficient (Wildman–Crippen LogP) is 4.96. The fraction of sp³-hybridized carbons (Fsp3) is 0.280. The molecular weight excluding hydrogens is 631 g/mol. The number of benzene rings is 2. The monoisotopic (exact) mass is 656 g/mol. The van der Waals surface area contributed by atoms with Crippen LogP contribution in [0.15, 0.2) is 72.5 Å². The molecule has 0 spiro atoms. The van der Waals surface area contributed by atoms with Gasteiger partial charge in [-0.25, -0.2) is 9.97 Å². The summed E-state index contributed by atoms with van der Waals surface area (Å²) in [6.45, 7) is 1.08. The number of hydrogen-bond donors (Lipinski definition) is 2. The number of thioether (sulfide) groups is 1. The quantitative estimate of drug-likeness (QED) is 0.147. The maximum absolute atomic E-state index is 8.36. The topological polar surface area (TPSA) is 190 Å². The Hall–Kier alpha value is -4.09. The Labute approximate surface area is 258 Å². The van der Waals surface area contributed by atoms with Crippen molar-refractivity contribution < 1.29 is 34.8 Å². The summed E-state index contributed by atoms with van der Waals surface area (Å²) in [5.74, 6) is -0.323. The number of halogens is 2. The number of hydrogen-bond acceptors (Lipinski definition) is 10. The number of nitrogens with zero attached hydrogens (tertiary/aromatic N) is 6. The van der Waals surface area contributed by atoms with Crippen LogP contribution in [0.5, 0.6) is 5.75 Å². The lowest BCUT2D eigenvalue weighted by Gasteiger charge is -2.30. The third-order valence-electron chi connectivity index (χ3n) is 5.86. The number of imidazole rings is 2. The highest BCUT2D eigenvalue weighted by atomic mass is 35.5. The highest BCUT2D eigenvalue weighted by Gasteiger charge is 2.45. The van der Waals surface area contributed by atoms with Gasteiger partial charge >= 0.3 is 0 Å². The van der Waals surface area contributed by atoms with Crippen molar-refractivity contribution in [2.24, 2.45) is 7.05 Å². The number of ether oxygens (including phenoxy) is 3. The Balaban J connectivity index is 0.000000566. The van der Waals surface area contributed by atoms with Crippen LogP contribution >= 0.6 is 35.0 Å². The SMILES string of the molecule is CSc1ncc(-c2ccc(OCC3COC(Cn4ccnc4)(c4ccc(Cl)cc4Cl)O3)cc2)n1C.O=[N+]([O-])O.O=[N+]([O-])O. The molecule has 0 bridgehead atoms. The fourth-order valence-electron chi connectivity index (χ4n) is 4.14. The van der Waals surface area contributed by atoms with Gasteiger partial charge in [0.15, 0.2) is 5.16 Å². The van der Waals surface area contributed by atoms with E-state index >= 15 is 0 Å². The first-order valence-corrected chi connectivity index (χ1v) is 14.1. The van der Waals surface area contributed by atoms with Crippen molar-refractivity contribution in [1.29, 1.82) is 0 Å². The number of aromatic nitrogens is 4. The summed E-state index contributed by atoms with van der Waals surface area (Å²) in [6, 6.07) is 13.3. The Kier molecular flexibility index (Phi) is 12.0. The molecule has 4 aromatic rings. The molecule has 1 saturated heterocycles. The summed E-state index contributed by atoms with van der Waals surface area (Å²) in [6.07, 6.45) is 8.90. The third-order valence-corrected chi connectivity index (χ3v) is 7.16. The summed E-state index contributed by atoms with van der Waals surface area (Å²) >= 11 is 14.3. The smallest absolute Gasteiger partial charge is 0.291 e. The Bertz CT molecular complexity index is 1490. The zero-order valence-electron chi connectivity index (χ0n) is 22.6. The van der Waals surface area contributed by atoms with E-state index in [0.29, 0.717) is 35.4 Å². The summed E-state index contributed by atoms with van der Waals surface area (Å²) in [4.78, 5) is 25.3. The fourth-order valence-corrected chi connectivity index (χ4v) is 5.22. The Morgan fingerprint density at radius 1 is 1.16 bits per heavy atom. The molecule has 0 saturated carbocycles. The van der Waals surface area contributed by atoms with Crippen LogP contribution in [0.25, 0.3) is 11.3 Å². The third kappa shape index (κ3) is 9.45. The minimum atomic E-state index is -1.50. The van der Waals surface area contributed by atoms with Gasteiger partial charge in [-0.2, -0.15) is 0 Å². The van der Waals surface area contributed by atoms with Crippen LogP contribution in [-0.2, 0) is 28.9 Å². The minimum Gasteiger partial charge on any atom is -0.491 e. The average Bonchev–Trinajstić information content (AvgIpc) is 3.68. The molecule has 0 amide bonds. The first kappa shape index (κ1) is 33.4.